The van der Waals surface area contributed by atoms with E-state index < -0.39 is 41.8 Å². The number of nitrogens with one attached hydrogen (secondary N) is 1. The molecule has 0 bridgehead atoms. The minimum absolute atomic E-state index is 0.0700. The van der Waals surface area contributed by atoms with Gasteiger partial charge in [0.2, 0.25) is 0 Å². The van der Waals surface area contributed by atoms with Crippen LogP contribution in [-0.2, 0) is 20.2 Å². The first-order valence-corrected chi connectivity index (χ1v) is 10.7. The third-order valence-corrected chi connectivity index (χ3v) is 5.75. The summed E-state index contributed by atoms with van der Waals surface area (Å²) < 4.78 is 56.5. The monoisotopic (exact) mass is 495 g/mol. The minimum atomic E-state index is -4.59. The van der Waals surface area contributed by atoms with Crippen molar-refractivity contribution in [2.45, 2.75) is 71.4 Å². The van der Waals surface area contributed by atoms with Crippen molar-refractivity contribution in [3.8, 4) is 0 Å². The van der Waals surface area contributed by atoms with Crippen LogP contribution in [0.5, 0.6) is 0 Å². The highest BCUT2D eigenvalue weighted by Gasteiger charge is 2.52. The molecule has 0 spiro atoms. The van der Waals surface area contributed by atoms with Crippen LogP contribution in [0, 0.1) is 0 Å². The average molecular weight is 496 g/mol. The maximum absolute atomic E-state index is 13.1. The van der Waals surface area contributed by atoms with Crippen LogP contribution >= 0.6 is 23.2 Å². The highest BCUT2D eigenvalue weighted by Crippen LogP contribution is 2.40. The number of alkyl carbamates (subject to hydrolysis) is 1. The summed E-state index contributed by atoms with van der Waals surface area (Å²) in [5.74, 6) is 0. The number of hydrogen-bond acceptors (Lipinski definition) is 4. The molecule has 1 heterocycles. The Balaban J connectivity index is 2.43. The van der Waals surface area contributed by atoms with E-state index in [2.05, 4.69) is 5.32 Å². The highest BCUT2D eigenvalue weighted by atomic mass is 35.5. The molecule has 5 nitrogen and oxygen atoms in total. The Kier molecular flexibility index (Phi) is 7.62. The fourth-order valence-electron chi connectivity index (χ4n) is 2.76. The van der Waals surface area contributed by atoms with E-state index in [0.717, 1.165) is 12.1 Å². The molecule has 1 amide bonds. The van der Waals surface area contributed by atoms with Crippen LogP contribution in [0.25, 0.3) is 6.08 Å². The summed E-state index contributed by atoms with van der Waals surface area (Å²) in [5.41, 5.74) is -2.49. The predicted molar refractivity (Wildman–Crippen MR) is 120 cm³/mol. The van der Waals surface area contributed by atoms with E-state index in [9.17, 15) is 18.0 Å². The third-order valence-electron chi connectivity index (χ3n) is 5.13. The maximum atomic E-state index is 13.1. The van der Waals surface area contributed by atoms with Crippen LogP contribution in [0.2, 0.25) is 10.0 Å². The van der Waals surface area contributed by atoms with Gasteiger partial charge in [-0.05, 0) is 66.1 Å². The number of ether oxygens (including phenoxy) is 1. The van der Waals surface area contributed by atoms with E-state index in [4.69, 9.17) is 37.2 Å². The van der Waals surface area contributed by atoms with Crippen molar-refractivity contribution in [2.75, 3.05) is 6.54 Å². The second kappa shape index (κ2) is 9.08. The molecule has 0 atom stereocenters. The topological polar surface area (TPSA) is 56.8 Å². The van der Waals surface area contributed by atoms with Crippen molar-refractivity contribution in [1.82, 2.24) is 5.32 Å². The Morgan fingerprint density at radius 1 is 1.09 bits per heavy atom. The largest absolute Gasteiger partial charge is 0.492 e. The van der Waals surface area contributed by atoms with Gasteiger partial charge in [-0.15, -0.1) is 0 Å². The van der Waals surface area contributed by atoms with Crippen molar-refractivity contribution >= 4 is 42.5 Å². The molecule has 0 saturated carbocycles. The summed E-state index contributed by atoms with van der Waals surface area (Å²) in [6.45, 7) is 12.5. The second-order valence-corrected chi connectivity index (χ2v) is 10.3. The summed E-state index contributed by atoms with van der Waals surface area (Å²) in [7, 11) is -0.899. The Bertz CT molecular complexity index is 872. The van der Waals surface area contributed by atoms with Gasteiger partial charge in [0.1, 0.15) is 5.60 Å². The molecule has 11 heteroatoms. The Hall–Kier alpha value is -1.42. The number of rotatable bonds is 4. The van der Waals surface area contributed by atoms with Gasteiger partial charge in [-0.1, -0.05) is 29.3 Å². The molecular weight excluding hydrogens is 469 g/mol. The van der Waals surface area contributed by atoms with Gasteiger partial charge < -0.3 is 19.4 Å². The molecule has 0 aromatic heterocycles. The van der Waals surface area contributed by atoms with Gasteiger partial charge in [0.15, 0.2) is 0 Å². The van der Waals surface area contributed by atoms with Crippen molar-refractivity contribution in [3.63, 3.8) is 0 Å². The Morgan fingerprint density at radius 3 is 1.97 bits per heavy atom. The number of carbonyl (C=O) groups is 1. The van der Waals surface area contributed by atoms with Gasteiger partial charge in [0, 0.05) is 22.2 Å². The maximum Gasteiger partial charge on any atom is 0.492 e. The fraction of sp³-hybridized carbons (Fsp3) is 0.571. The van der Waals surface area contributed by atoms with Gasteiger partial charge >= 0.3 is 19.4 Å². The zero-order chi connectivity index (χ0) is 24.7. The number of carbonyl (C=O) groups excluding carboxylic acids is 1. The summed E-state index contributed by atoms with van der Waals surface area (Å²) in [4.78, 5) is 12.2. The van der Waals surface area contributed by atoms with E-state index in [-0.39, 0.29) is 22.2 Å². The van der Waals surface area contributed by atoms with Gasteiger partial charge in [-0.25, -0.2) is 4.79 Å². The smallest absolute Gasteiger partial charge is 0.444 e. The van der Waals surface area contributed by atoms with Gasteiger partial charge in [0.25, 0.3) is 0 Å². The summed E-state index contributed by atoms with van der Waals surface area (Å²) in [5, 5.41) is 2.21. The lowest BCUT2D eigenvalue weighted by atomic mass is 9.77. The second-order valence-electron chi connectivity index (χ2n) is 9.51. The van der Waals surface area contributed by atoms with Crippen LogP contribution in [0.3, 0.4) is 0 Å². The molecule has 2 rings (SSSR count). The molecule has 1 fully saturated rings. The number of halogens is 5. The van der Waals surface area contributed by atoms with E-state index in [1.165, 1.54) is 6.08 Å². The Labute approximate surface area is 196 Å². The lowest BCUT2D eigenvalue weighted by molar-refractivity contribution is -0.137. The number of alkyl halides is 3. The predicted octanol–water partition coefficient (Wildman–Crippen LogP) is 6.55. The van der Waals surface area contributed by atoms with Crippen LogP contribution in [0.4, 0.5) is 18.0 Å². The molecule has 1 N–H and O–H groups in total. The third kappa shape index (κ3) is 6.56. The standard InChI is InChI=1S/C21H27BCl2F3NO4/c1-18(2,3)30-17(29)28-11-13(22-31-19(4,5)20(6,7)32-22)10-14-15(23)8-12(9-16(14)24)21(25,26)27/h8-10H,11H2,1-7H3,(H,28,29). The SMILES string of the molecule is CC(C)(C)OC(=O)NCC(=Cc1c(Cl)cc(C(F)(F)F)cc1Cl)B1OC(C)(C)C(C)(C)O1. The first-order valence-electron chi connectivity index (χ1n) is 9.91. The van der Waals surface area contributed by atoms with Crippen LogP contribution in [0.15, 0.2) is 17.6 Å². The molecule has 178 valence electrons. The van der Waals surface area contributed by atoms with E-state index in [1.54, 1.807) is 20.8 Å². The molecular formula is C21H27BCl2F3NO4. The minimum Gasteiger partial charge on any atom is -0.444 e. The normalized spacial score (nSPS) is 18.6. The van der Waals surface area contributed by atoms with Gasteiger partial charge in [-0.3, -0.25) is 0 Å². The molecule has 1 aliphatic heterocycles. The van der Waals surface area contributed by atoms with E-state index >= 15 is 0 Å². The first kappa shape index (κ1) is 26.8. The fourth-order valence-corrected chi connectivity index (χ4v) is 3.35. The highest BCUT2D eigenvalue weighted by molar-refractivity contribution is 6.56. The molecule has 1 aliphatic rings. The molecule has 0 unspecified atom stereocenters. The lowest BCUT2D eigenvalue weighted by Crippen LogP contribution is -2.41. The molecule has 1 aromatic carbocycles. The van der Waals surface area contributed by atoms with Crippen molar-refractivity contribution < 1.29 is 32.0 Å². The average Bonchev–Trinajstić information content (AvgIpc) is 2.78. The summed E-state index contributed by atoms with van der Waals surface area (Å²) >= 11 is 12.3. The summed E-state index contributed by atoms with van der Waals surface area (Å²) in [6.07, 6.45) is -3.81. The van der Waals surface area contributed by atoms with Crippen molar-refractivity contribution in [2.24, 2.45) is 0 Å². The van der Waals surface area contributed by atoms with Crippen LogP contribution < -0.4 is 5.32 Å². The van der Waals surface area contributed by atoms with Crippen LogP contribution in [-0.4, -0.2) is 36.6 Å². The molecule has 0 radical (unpaired) electrons. The summed E-state index contributed by atoms with van der Waals surface area (Å²) in [6, 6.07) is 1.59. The molecule has 1 saturated heterocycles. The number of amides is 1. The molecule has 32 heavy (non-hydrogen) atoms. The zero-order valence-corrected chi connectivity index (χ0v) is 20.6. The molecule has 1 aromatic rings. The first-order chi connectivity index (χ1) is 14.3. The zero-order valence-electron chi connectivity index (χ0n) is 19.0. The van der Waals surface area contributed by atoms with Gasteiger partial charge in [-0.2, -0.15) is 13.2 Å². The molecule has 0 aliphatic carbocycles. The van der Waals surface area contributed by atoms with Crippen molar-refractivity contribution in [1.29, 1.82) is 0 Å². The quantitative estimate of drug-likeness (QED) is 0.481. The van der Waals surface area contributed by atoms with Crippen molar-refractivity contribution in [3.05, 3.63) is 38.8 Å². The number of hydrogen-bond donors (Lipinski definition) is 1. The van der Waals surface area contributed by atoms with Gasteiger partial charge in [0.05, 0.1) is 16.8 Å². The number of benzene rings is 1. The van der Waals surface area contributed by atoms with E-state index in [0.29, 0.717) is 5.47 Å². The Morgan fingerprint density at radius 2 is 1.56 bits per heavy atom. The van der Waals surface area contributed by atoms with Crippen LogP contribution in [0.1, 0.15) is 59.6 Å². The lowest BCUT2D eigenvalue weighted by Gasteiger charge is -2.32. The van der Waals surface area contributed by atoms with E-state index in [1.807, 2.05) is 27.7 Å².